The minimum absolute atomic E-state index is 0.00330. The number of rotatable bonds is 7. The standard InChI is InChI=1S/C25H29N5O3S/c1-33-18-11-20-19(3-2-4-21(20)27-13-18)22(31)14-30-9-7-16(8-10-30)26-12-17-5-6-23-25(28-17)29-24(32)15-34-23/h2-6,11,13,16,22,26,31H,7-10,12,14-15H2,1H3,(H,28,29,32)/t22-/m0/s1. The smallest absolute Gasteiger partial charge is 0.235 e. The van der Waals surface area contributed by atoms with E-state index in [2.05, 4.69) is 25.5 Å². The third kappa shape index (κ3) is 5.17. The number of β-amino-alcohol motifs (C(OH)–C–C–N with tert-alkyl or cyclic N) is 1. The first kappa shape index (κ1) is 23.0. The van der Waals surface area contributed by atoms with E-state index < -0.39 is 6.10 Å². The summed E-state index contributed by atoms with van der Waals surface area (Å²) in [7, 11) is 1.62. The highest BCUT2D eigenvalue weighted by Gasteiger charge is 2.23. The summed E-state index contributed by atoms with van der Waals surface area (Å²) in [5.74, 6) is 1.81. The quantitative estimate of drug-likeness (QED) is 0.476. The van der Waals surface area contributed by atoms with E-state index in [0.29, 0.717) is 36.5 Å². The van der Waals surface area contributed by atoms with E-state index >= 15 is 0 Å². The monoisotopic (exact) mass is 479 g/mol. The number of aliphatic hydroxyl groups excluding tert-OH is 1. The fourth-order valence-corrected chi connectivity index (χ4v) is 5.33. The van der Waals surface area contributed by atoms with Crippen molar-refractivity contribution in [1.29, 1.82) is 0 Å². The second-order valence-electron chi connectivity index (χ2n) is 8.75. The minimum Gasteiger partial charge on any atom is -0.495 e. The van der Waals surface area contributed by atoms with Crippen LogP contribution in [0.1, 0.15) is 30.2 Å². The van der Waals surface area contributed by atoms with Crippen LogP contribution in [0.4, 0.5) is 5.82 Å². The number of nitrogens with zero attached hydrogens (tertiary/aromatic N) is 3. The Morgan fingerprint density at radius 1 is 1.29 bits per heavy atom. The molecule has 178 valence electrons. The van der Waals surface area contributed by atoms with Gasteiger partial charge in [0.1, 0.15) is 11.6 Å². The number of carbonyl (C=O) groups is 1. The van der Waals surface area contributed by atoms with Crippen molar-refractivity contribution in [3.05, 3.63) is 53.9 Å². The second-order valence-corrected chi connectivity index (χ2v) is 9.76. The molecule has 3 aromatic rings. The molecule has 2 aromatic heterocycles. The van der Waals surface area contributed by atoms with Crippen molar-refractivity contribution in [2.24, 2.45) is 0 Å². The molecule has 2 aliphatic heterocycles. The molecule has 2 aliphatic rings. The molecule has 34 heavy (non-hydrogen) atoms. The van der Waals surface area contributed by atoms with Crippen LogP contribution in [0.5, 0.6) is 5.75 Å². The third-order valence-electron chi connectivity index (χ3n) is 6.45. The number of hydrogen-bond acceptors (Lipinski definition) is 8. The van der Waals surface area contributed by atoms with E-state index in [0.717, 1.165) is 53.0 Å². The van der Waals surface area contributed by atoms with Gasteiger partial charge < -0.3 is 25.4 Å². The number of hydrogen-bond donors (Lipinski definition) is 3. The number of nitrogens with one attached hydrogen (secondary N) is 2. The Morgan fingerprint density at radius 2 is 2.15 bits per heavy atom. The number of anilines is 1. The maximum atomic E-state index is 11.6. The van der Waals surface area contributed by atoms with Gasteiger partial charge in [0.25, 0.3) is 0 Å². The number of aromatic nitrogens is 2. The first-order valence-corrected chi connectivity index (χ1v) is 12.6. The number of likely N-dealkylation sites (tertiary alicyclic amines) is 1. The van der Waals surface area contributed by atoms with E-state index in [9.17, 15) is 9.90 Å². The van der Waals surface area contributed by atoms with Gasteiger partial charge in [0.2, 0.25) is 5.91 Å². The summed E-state index contributed by atoms with van der Waals surface area (Å²) < 4.78 is 5.32. The van der Waals surface area contributed by atoms with Crippen LogP contribution in [0.2, 0.25) is 0 Å². The first-order valence-electron chi connectivity index (χ1n) is 11.6. The summed E-state index contributed by atoms with van der Waals surface area (Å²) >= 11 is 1.53. The number of carbonyl (C=O) groups excluding carboxylic acids is 1. The molecule has 8 nitrogen and oxygen atoms in total. The number of aliphatic hydroxyl groups is 1. The van der Waals surface area contributed by atoms with Crippen molar-refractivity contribution in [2.75, 3.05) is 37.8 Å². The Hall–Kier alpha value is -2.72. The molecule has 1 atom stereocenters. The first-order chi connectivity index (χ1) is 16.6. The van der Waals surface area contributed by atoms with Gasteiger partial charge in [0, 0.05) is 24.5 Å². The Kier molecular flexibility index (Phi) is 6.96. The molecule has 0 aliphatic carbocycles. The Labute approximate surface area is 203 Å². The molecule has 0 radical (unpaired) electrons. The molecular formula is C25H29N5O3S. The second kappa shape index (κ2) is 10.3. The molecule has 9 heteroatoms. The number of ether oxygens (including phenoxy) is 1. The highest BCUT2D eigenvalue weighted by molar-refractivity contribution is 8.00. The molecule has 4 heterocycles. The van der Waals surface area contributed by atoms with Crippen LogP contribution in [-0.4, -0.2) is 64.4 Å². The van der Waals surface area contributed by atoms with Crippen molar-refractivity contribution in [3.63, 3.8) is 0 Å². The average molecular weight is 480 g/mol. The number of methoxy groups -OCH3 is 1. The zero-order valence-electron chi connectivity index (χ0n) is 19.2. The van der Waals surface area contributed by atoms with Gasteiger partial charge in [-0.25, -0.2) is 4.98 Å². The van der Waals surface area contributed by atoms with Crippen molar-refractivity contribution >= 4 is 34.4 Å². The molecule has 0 saturated carbocycles. The lowest BCUT2D eigenvalue weighted by molar-refractivity contribution is -0.113. The van der Waals surface area contributed by atoms with Gasteiger partial charge in [-0.2, -0.15) is 0 Å². The molecule has 5 rings (SSSR count). The number of fused-ring (bicyclic) bond motifs is 2. The van der Waals surface area contributed by atoms with Gasteiger partial charge in [-0.15, -0.1) is 11.8 Å². The molecule has 0 unspecified atom stereocenters. The number of pyridine rings is 2. The summed E-state index contributed by atoms with van der Waals surface area (Å²) in [5.41, 5.74) is 2.67. The largest absolute Gasteiger partial charge is 0.495 e. The molecule has 1 amide bonds. The van der Waals surface area contributed by atoms with Gasteiger partial charge in [-0.1, -0.05) is 12.1 Å². The van der Waals surface area contributed by atoms with E-state index in [-0.39, 0.29) is 5.91 Å². The lowest BCUT2D eigenvalue weighted by atomic mass is 10.0. The lowest BCUT2D eigenvalue weighted by Gasteiger charge is -2.33. The average Bonchev–Trinajstić information content (AvgIpc) is 2.87. The summed E-state index contributed by atoms with van der Waals surface area (Å²) in [5, 5.41) is 18.4. The predicted molar refractivity (Wildman–Crippen MR) is 133 cm³/mol. The van der Waals surface area contributed by atoms with Crippen LogP contribution in [0.3, 0.4) is 0 Å². The minimum atomic E-state index is -0.588. The van der Waals surface area contributed by atoms with Crippen LogP contribution in [-0.2, 0) is 11.3 Å². The molecule has 0 spiro atoms. The van der Waals surface area contributed by atoms with Crippen LogP contribution in [0, 0.1) is 0 Å². The summed E-state index contributed by atoms with van der Waals surface area (Å²) in [6.07, 6.45) is 3.13. The number of thioether (sulfide) groups is 1. The highest BCUT2D eigenvalue weighted by Crippen LogP contribution is 2.30. The molecule has 0 bridgehead atoms. The van der Waals surface area contributed by atoms with Gasteiger partial charge in [0.15, 0.2) is 0 Å². The number of amides is 1. The summed E-state index contributed by atoms with van der Waals surface area (Å²) in [6.45, 7) is 3.11. The molecule has 1 fully saturated rings. The molecular weight excluding hydrogens is 450 g/mol. The van der Waals surface area contributed by atoms with Gasteiger partial charge in [0.05, 0.1) is 41.3 Å². The molecule has 3 N–H and O–H groups in total. The van der Waals surface area contributed by atoms with Crippen LogP contribution < -0.4 is 15.4 Å². The van der Waals surface area contributed by atoms with Crippen molar-refractivity contribution in [1.82, 2.24) is 20.2 Å². The fraction of sp³-hybridized carbons (Fsp3) is 0.400. The van der Waals surface area contributed by atoms with Crippen molar-refractivity contribution < 1.29 is 14.6 Å². The number of piperidine rings is 1. The maximum absolute atomic E-state index is 11.6. The summed E-state index contributed by atoms with van der Waals surface area (Å²) in [6, 6.07) is 12.3. The van der Waals surface area contributed by atoms with Crippen LogP contribution in [0.25, 0.3) is 10.9 Å². The molecule has 1 saturated heterocycles. The third-order valence-corrected chi connectivity index (χ3v) is 7.50. The lowest BCUT2D eigenvalue weighted by Crippen LogP contribution is -2.43. The normalized spacial score (nSPS) is 17.9. The topological polar surface area (TPSA) is 99.6 Å². The van der Waals surface area contributed by atoms with E-state index in [1.807, 2.05) is 36.4 Å². The Balaban J connectivity index is 1.14. The van der Waals surface area contributed by atoms with Gasteiger partial charge >= 0.3 is 0 Å². The van der Waals surface area contributed by atoms with Gasteiger partial charge in [-0.05, 0) is 55.8 Å². The predicted octanol–water partition coefficient (Wildman–Crippen LogP) is 2.97. The summed E-state index contributed by atoms with van der Waals surface area (Å²) in [4.78, 5) is 24.0. The van der Waals surface area contributed by atoms with E-state index in [1.54, 1.807) is 13.3 Å². The fourth-order valence-electron chi connectivity index (χ4n) is 4.57. The molecule has 1 aromatic carbocycles. The van der Waals surface area contributed by atoms with Crippen LogP contribution in [0.15, 0.2) is 47.5 Å². The zero-order chi connectivity index (χ0) is 23.5. The van der Waals surface area contributed by atoms with Crippen molar-refractivity contribution in [3.8, 4) is 5.75 Å². The van der Waals surface area contributed by atoms with E-state index in [4.69, 9.17) is 4.74 Å². The van der Waals surface area contributed by atoms with E-state index in [1.165, 1.54) is 11.8 Å². The van der Waals surface area contributed by atoms with Crippen molar-refractivity contribution in [2.45, 2.75) is 36.4 Å². The zero-order valence-corrected chi connectivity index (χ0v) is 20.0. The SMILES string of the molecule is COc1cnc2cccc([C@@H](O)CN3CCC(NCc4ccc5c(n4)NC(=O)CS5)CC3)c2c1. The highest BCUT2D eigenvalue weighted by atomic mass is 32.2. The van der Waals surface area contributed by atoms with Gasteiger partial charge in [-0.3, -0.25) is 9.78 Å². The number of benzene rings is 1. The Bertz CT molecular complexity index is 1180. The van der Waals surface area contributed by atoms with Crippen LogP contribution >= 0.6 is 11.8 Å². The Morgan fingerprint density at radius 3 is 2.97 bits per heavy atom. The maximum Gasteiger partial charge on any atom is 0.235 e.